The molecule has 1 saturated heterocycles. The Morgan fingerprint density at radius 3 is 2.36 bits per heavy atom. The summed E-state index contributed by atoms with van der Waals surface area (Å²) in [6, 6.07) is 1.52. The molecule has 0 aromatic rings. The van der Waals surface area contributed by atoms with Crippen molar-refractivity contribution < 1.29 is 0 Å². The fraction of sp³-hybridized carbons (Fsp3) is 1.00. The van der Waals surface area contributed by atoms with Gasteiger partial charge in [0.15, 0.2) is 0 Å². The van der Waals surface area contributed by atoms with Gasteiger partial charge >= 0.3 is 0 Å². The third-order valence-electron chi connectivity index (χ3n) is 4.08. The van der Waals surface area contributed by atoms with Crippen LogP contribution >= 0.6 is 0 Å². The van der Waals surface area contributed by atoms with E-state index in [4.69, 9.17) is 0 Å². The van der Waals surface area contributed by atoms with Gasteiger partial charge in [-0.25, -0.2) is 0 Å². The molecule has 0 amide bonds. The Morgan fingerprint density at radius 2 is 1.93 bits per heavy atom. The lowest BCUT2D eigenvalue weighted by Gasteiger charge is -2.42. The molecule has 0 N–H and O–H groups in total. The average molecular weight is 197 g/mol. The van der Waals surface area contributed by atoms with Crippen LogP contribution in [-0.2, 0) is 0 Å². The molecule has 1 aliphatic heterocycles. The van der Waals surface area contributed by atoms with Gasteiger partial charge in [-0.05, 0) is 52.0 Å². The first kappa shape index (κ1) is 12.0. The van der Waals surface area contributed by atoms with Crippen molar-refractivity contribution in [1.82, 2.24) is 4.90 Å². The summed E-state index contributed by atoms with van der Waals surface area (Å²) in [6.45, 7) is 13.1. The molecule has 0 saturated carbocycles. The quantitative estimate of drug-likeness (QED) is 0.669. The van der Waals surface area contributed by atoms with E-state index in [1.54, 1.807) is 0 Å². The molecular formula is C13H27N. The molecular weight excluding hydrogens is 170 g/mol. The zero-order chi connectivity index (χ0) is 10.7. The second kappa shape index (κ2) is 5.16. The van der Waals surface area contributed by atoms with Gasteiger partial charge in [-0.3, -0.25) is 4.90 Å². The standard InChI is InChI=1S/C13H27N/c1-6-11(4)13-7-8-14(10(2)3)12(5)9-13/h10-13H,6-9H2,1-5H3/t11-,12?,13?/m1/s1. The summed E-state index contributed by atoms with van der Waals surface area (Å²) in [5.74, 6) is 1.90. The lowest BCUT2D eigenvalue weighted by molar-refractivity contribution is 0.0725. The number of nitrogens with zero attached hydrogens (tertiary/aromatic N) is 1. The van der Waals surface area contributed by atoms with E-state index in [1.807, 2.05) is 0 Å². The van der Waals surface area contributed by atoms with Gasteiger partial charge in [-0.1, -0.05) is 20.3 Å². The molecule has 14 heavy (non-hydrogen) atoms. The third-order valence-corrected chi connectivity index (χ3v) is 4.08. The third kappa shape index (κ3) is 2.73. The molecule has 1 aliphatic rings. The van der Waals surface area contributed by atoms with Crippen LogP contribution in [0.3, 0.4) is 0 Å². The molecule has 1 fully saturated rings. The Hall–Kier alpha value is -0.0400. The molecule has 0 bridgehead atoms. The number of hydrogen-bond acceptors (Lipinski definition) is 1. The van der Waals surface area contributed by atoms with Crippen molar-refractivity contribution in [2.75, 3.05) is 6.54 Å². The van der Waals surface area contributed by atoms with Crippen LogP contribution in [0.5, 0.6) is 0 Å². The van der Waals surface area contributed by atoms with Crippen LogP contribution in [0.25, 0.3) is 0 Å². The summed E-state index contributed by atoms with van der Waals surface area (Å²) in [5.41, 5.74) is 0. The topological polar surface area (TPSA) is 3.24 Å². The SMILES string of the molecule is CC[C@@H](C)C1CCN(C(C)C)C(C)C1. The van der Waals surface area contributed by atoms with E-state index < -0.39 is 0 Å². The van der Waals surface area contributed by atoms with Crippen molar-refractivity contribution in [3.05, 3.63) is 0 Å². The molecule has 2 unspecified atom stereocenters. The maximum absolute atomic E-state index is 2.65. The van der Waals surface area contributed by atoms with Gasteiger partial charge in [-0.15, -0.1) is 0 Å². The van der Waals surface area contributed by atoms with E-state index in [0.29, 0.717) is 0 Å². The van der Waals surface area contributed by atoms with Gasteiger partial charge in [0.05, 0.1) is 0 Å². The Bertz CT molecular complexity index is 165. The highest BCUT2D eigenvalue weighted by molar-refractivity contribution is 4.82. The van der Waals surface area contributed by atoms with E-state index in [1.165, 1.54) is 25.8 Å². The molecule has 1 nitrogen and oxygen atoms in total. The van der Waals surface area contributed by atoms with Crippen molar-refractivity contribution in [1.29, 1.82) is 0 Å². The lowest BCUT2D eigenvalue weighted by atomic mass is 9.81. The largest absolute Gasteiger partial charge is 0.298 e. The monoisotopic (exact) mass is 197 g/mol. The molecule has 84 valence electrons. The zero-order valence-electron chi connectivity index (χ0n) is 10.6. The first-order valence-electron chi connectivity index (χ1n) is 6.32. The molecule has 0 spiro atoms. The van der Waals surface area contributed by atoms with Gasteiger partial charge < -0.3 is 0 Å². The molecule has 1 heterocycles. The van der Waals surface area contributed by atoms with E-state index in [9.17, 15) is 0 Å². The Labute approximate surface area is 89.9 Å². The highest BCUT2D eigenvalue weighted by Crippen LogP contribution is 2.31. The van der Waals surface area contributed by atoms with Gasteiger partial charge in [0.1, 0.15) is 0 Å². The van der Waals surface area contributed by atoms with Crippen molar-refractivity contribution >= 4 is 0 Å². The van der Waals surface area contributed by atoms with Crippen LogP contribution < -0.4 is 0 Å². The van der Waals surface area contributed by atoms with Crippen LogP contribution in [0, 0.1) is 11.8 Å². The van der Waals surface area contributed by atoms with Crippen molar-refractivity contribution in [3.8, 4) is 0 Å². The number of rotatable bonds is 3. The minimum Gasteiger partial charge on any atom is -0.298 e. The highest BCUT2D eigenvalue weighted by atomic mass is 15.2. The Balaban J connectivity index is 2.46. The normalized spacial score (nSPS) is 32.1. The summed E-state index contributed by atoms with van der Waals surface area (Å²) in [4.78, 5) is 2.65. The molecule has 0 radical (unpaired) electrons. The van der Waals surface area contributed by atoms with Gasteiger partial charge in [0.25, 0.3) is 0 Å². The maximum atomic E-state index is 2.65. The number of hydrogen-bond donors (Lipinski definition) is 0. The van der Waals surface area contributed by atoms with Crippen molar-refractivity contribution in [3.63, 3.8) is 0 Å². The molecule has 1 heteroatoms. The Kier molecular flexibility index (Phi) is 4.43. The summed E-state index contributed by atoms with van der Waals surface area (Å²) in [5, 5.41) is 0. The van der Waals surface area contributed by atoms with Gasteiger partial charge in [0, 0.05) is 12.1 Å². The minimum absolute atomic E-state index is 0.725. The van der Waals surface area contributed by atoms with E-state index in [-0.39, 0.29) is 0 Å². The fourth-order valence-corrected chi connectivity index (χ4v) is 2.84. The van der Waals surface area contributed by atoms with E-state index >= 15 is 0 Å². The summed E-state index contributed by atoms with van der Waals surface area (Å²) in [7, 11) is 0. The predicted molar refractivity (Wildman–Crippen MR) is 63.5 cm³/mol. The van der Waals surface area contributed by atoms with E-state index in [2.05, 4.69) is 39.5 Å². The maximum Gasteiger partial charge on any atom is 0.00723 e. The van der Waals surface area contributed by atoms with Crippen LogP contribution in [0.2, 0.25) is 0 Å². The average Bonchev–Trinajstić information content (AvgIpc) is 2.15. The molecule has 0 aliphatic carbocycles. The smallest absolute Gasteiger partial charge is 0.00723 e. The second-order valence-electron chi connectivity index (χ2n) is 5.35. The van der Waals surface area contributed by atoms with Crippen LogP contribution in [-0.4, -0.2) is 23.5 Å². The number of piperidine rings is 1. The van der Waals surface area contributed by atoms with Crippen LogP contribution in [0.4, 0.5) is 0 Å². The van der Waals surface area contributed by atoms with Crippen LogP contribution in [0.15, 0.2) is 0 Å². The summed E-state index contributed by atoms with van der Waals surface area (Å²) in [6.07, 6.45) is 4.17. The first-order chi connectivity index (χ1) is 6.56. The van der Waals surface area contributed by atoms with Crippen LogP contribution in [0.1, 0.15) is 53.9 Å². The summed E-state index contributed by atoms with van der Waals surface area (Å²) < 4.78 is 0. The molecule has 0 aromatic carbocycles. The molecule has 0 aromatic heterocycles. The Morgan fingerprint density at radius 1 is 1.29 bits per heavy atom. The lowest BCUT2D eigenvalue weighted by Crippen LogP contribution is -2.45. The van der Waals surface area contributed by atoms with Crippen molar-refractivity contribution in [2.24, 2.45) is 11.8 Å². The van der Waals surface area contributed by atoms with E-state index in [0.717, 1.165) is 23.9 Å². The number of likely N-dealkylation sites (tertiary alicyclic amines) is 1. The van der Waals surface area contributed by atoms with Gasteiger partial charge in [-0.2, -0.15) is 0 Å². The van der Waals surface area contributed by atoms with Crippen molar-refractivity contribution in [2.45, 2.75) is 66.0 Å². The van der Waals surface area contributed by atoms with Gasteiger partial charge in [0.2, 0.25) is 0 Å². The molecule has 3 atom stereocenters. The second-order valence-corrected chi connectivity index (χ2v) is 5.35. The summed E-state index contributed by atoms with van der Waals surface area (Å²) >= 11 is 0. The highest BCUT2D eigenvalue weighted by Gasteiger charge is 2.28. The molecule has 1 rings (SSSR count). The first-order valence-corrected chi connectivity index (χ1v) is 6.32. The zero-order valence-corrected chi connectivity index (χ0v) is 10.6. The fourth-order valence-electron chi connectivity index (χ4n) is 2.84. The predicted octanol–water partition coefficient (Wildman–Crippen LogP) is 3.54. The minimum atomic E-state index is 0.725.